The zero-order valence-electron chi connectivity index (χ0n) is 13.7. The Balaban J connectivity index is 2.13. The van der Waals surface area contributed by atoms with Gasteiger partial charge >= 0.3 is 6.03 Å². The molecule has 5 nitrogen and oxygen atoms in total. The van der Waals surface area contributed by atoms with Gasteiger partial charge in [0.25, 0.3) is 0 Å². The molecule has 3 amide bonds. The maximum absolute atomic E-state index is 12.9. The summed E-state index contributed by atoms with van der Waals surface area (Å²) in [5, 5.41) is 5.59. The lowest BCUT2D eigenvalue weighted by Crippen LogP contribution is -2.54. The van der Waals surface area contributed by atoms with Gasteiger partial charge in [0.05, 0.1) is 0 Å². The standard InChI is InChI=1S/C17H25N3O2/c1-11(2)15(19-17(22)18-12(3)4)16(21)20-10-9-13-7-5-6-8-14(13)20/h5-8,11-12,15H,9-10H2,1-4H3,(H2,18,19,22). The van der Waals surface area contributed by atoms with E-state index in [1.54, 1.807) is 4.90 Å². The number of carbonyl (C=O) groups excluding carboxylic acids is 2. The van der Waals surface area contributed by atoms with Crippen LogP contribution in [0.4, 0.5) is 10.5 Å². The van der Waals surface area contributed by atoms with Crippen molar-refractivity contribution in [2.45, 2.75) is 46.2 Å². The number of nitrogens with one attached hydrogen (secondary N) is 2. The molecule has 0 radical (unpaired) electrons. The van der Waals surface area contributed by atoms with Gasteiger partial charge in [-0.3, -0.25) is 4.79 Å². The Labute approximate surface area is 132 Å². The second-order valence-corrected chi connectivity index (χ2v) is 6.36. The van der Waals surface area contributed by atoms with Crippen LogP contribution >= 0.6 is 0 Å². The number of amides is 3. The predicted octanol–water partition coefficient (Wildman–Crippen LogP) is 2.31. The number of anilines is 1. The van der Waals surface area contributed by atoms with Crippen molar-refractivity contribution in [1.29, 1.82) is 0 Å². The van der Waals surface area contributed by atoms with Gasteiger partial charge in [0.2, 0.25) is 5.91 Å². The smallest absolute Gasteiger partial charge is 0.315 e. The maximum atomic E-state index is 12.9. The molecule has 2 rings (SSSR count). The number of carbonyl (C=O) groups is 2. The highest BCUT2D eigenvalue weighted by Gasteiger charge is 2.32. The van der Waals surface area contributed by atoms with Gasteiger partial charge in [0.1, 0.15) is 6.04 Å². The van der Waals surface area contributed by atoms with Gasteiger partial charge in [-0.1, -0.05) is 32.0 Å². The third-order valence-corrected chi connectivity index (χ3v) is 3.79. The molecule has 0 saturated carbocycles. The van der Waals surface area contributed by atoms with Crippen molar-refractivity contribution in [2.75, 3.05) is 11.4 Å². The van der Waals surface area contributed by atoms with Crippen LogP contribution in [-0.4, -0.2) is 30.6 Å². The summed E-state index contributed by atoms with van der Waals surface area (Å²) in [5.41, 5.74) is 2.15. The molecule has 1 aromatic carbocycles. The largest absolute Gasteiger partial charge is 0.336 e. The van der Waals surface area contributed by atoms with Crippen LogP contribution in [-0.2, 0) is 11.2 Å². The van der Waals surface area contributed by atoms with Crippen molar-refractivity contribution in [2.24, 2.45) is 5.92 Å². The number of rotatable bonds is 4. The van der Waals surface area contributed by atoms with Gasteiger partial charge in [-0.2, -0.15) is 0 Å². The van der Waals surface area contributed by atoms with E-state index in [0.29, 0.717) is 6.54 Å². The van der Waals surface area contributed by atoms with Crippen LogP contribution in [0.1, 0.15) is 33.3 Å². The number of benzene rings is 1. The fraction of sp³-hybridized carbons (Fsp3) is 0.529. The molecule has 0 aliphatic carbocycles. The molecular formula is C17H25N3O2. The van der Waals surface area contributed by atoms with Crippen LogP contribution in [0.5, 0.6) is 0 Å². The van der Waals surface area contributed by atoms with Crippen molar-refractivity contribution in [1.82, 2.24) is 10.6 Å². The van der Waals surface area contributed by atoms with Crippen molar-refractivity contribution in [3.63, 3.8) is 0 Å². The number of hydrogen-bond donors (Lipinski definition) is 2. The zero-order chi connectivity index (χ0) is 16.3. The third kappa shape index (κ3) is 3.59. The van der Waals surface area contributed by atoms with E-state index in [2.05, 4.69) is 10.6 Å². The Kier molecular flexibility index (Phi) is 5.06. The Morgan fingerprint density at radius 2 is 1.77 bits per heavy atom. The molecule has 1 aliphatic heterocycles. The van der Waals surface area contributed by atoms with Crippen LogP contribution in [0.25, 0.3) is 0 Å². The van der Waals surface area contributed by atoms with E-state index >= 15 is 0 Å². The summed E-state index contributed by atoms with van der Waals surface area (Å²) in [7, 11) is 0. The molecule has 0 spiro atoms. The van der Waals surface area contributed by atoms with E-state index in [-0.39, 0.29) is 23.9 Å². The lowest BCUT2D eigenvalue weighted by molar-refractivity contribution is -0.121. The number of para-hydroxylation sites is 1. The first-order valence-electron chi connectivity index (χ1n) is 7.86. The van der Waals surface area contributed by atoms with Crippen LogP contribution in [0, 0.1) is 5.92 Å². The molecule has 5 heteroatoms. The second kappa shape index (κ2) is 6.81. The monoisotopic (exact) mass is 303 g/mol. The summed E-state index contributed by atoms with van der Waals surface area (Å²) in [4.78, 5) is 26.6. The first-order valence-corrected chi connectivity index (χ1v) is 7.86. The van der Waals surface area contributed by atoms with Crippen LogP contribution < -0.4 is 15.5 Å². The highest BCUT2D eigenvalue weighted by atomic mass is 16.2. The van der Waals surface area contributed by atoms with Crippen molar-refractivity contribution < 1.29 is 9.59 Å². The molecule has 1 heterocycles. The lowest BCUT2D eigenvalue weighted by atomic mass is 10.0. The van der Waals surface area contributed by atoms with Crippen LogP contribution in [0.15, 0.2) is 24.3 Å². The topological polar surface area (TPSA) is 61.4 Å². The summed E-state index contributed by atoms with van der Waals surface area (Å²) >= 11 is 0. The lowest BCUT2D eigenvalue weighted by Gasteiger charge is -2.27. The maximum Gasteiger partial charge on any atom is 0.315 e. The van der Waals surface area contributed by atoms with Gasteiger partial charge in [-0.05, 0) is 37.8 Å². The highest BCUT2D eigenvalue weighted by Crippen LogP contribution is 2.28. The molecule has 1 unspecified atom stereocenters. The molecule has 0 bridgehead atoms. The van der Waals surface area contributed by atoms with Crippen LogP contribution in [0.2, 0.25) is 0 Å². The average molecular weight is 303 g/mol. The van der Waals surface area contributed by atoms with Crippen LogP contribution in [0.3, 0.4) is 0 Å². The molecule has 2 N–H and O–H groups in total. The van der Waals surface area contributed by atoms with Gasteiger partial charge in [0, 0.05) is 18.3 Å². The van der Waals surface area contributed by atoms with E-state index in [4.69, 9.17) is 0 Å². The van der Waals surface area contributed by atoms with Crippen molar-refractivity contribution in [3.05, 3.63) is 29.8 Å². The first-order chi connectivity index (χ1) is 10.4. The predicted molar refractivity (Wildman–Crippen MR) is 87.9 cm³/mol. The SMILES string of the molecule is CC(C)NC(=O)NC(C(=O)N1CCc2ccccc21)C(C)C. The highest BCUT2D eigenvalue weighted by molar-refractivity contribution is 6.00. The number of nitrogens with zero attached hydrogens (tertiary/aromatic N) is 1. The Morgan fingerprint density at radius 3 is 2.41 bits per heavy atom. The van der Waals surface area contributed by atoms with E-state index in [1.807, 2.05) is 52.0 Å². The quantitative estimate of drug-likeness (QED) is 0.896. The fourth-order valence-electron chi connectivity index (χ4n) is 2.69. The third-order valence-electron chi connectivity index (χ3n) is 3.79. The average Bonchev–Trinajstić information content (AvgIpc) is 2.87. The first kappa shape index (κ1) is 16.3. The summed E-state index contributed by atoms with van der Waals surface area (Å²) in [6.07, 6.45) is 0.866. The summed E-state index contributed by atoms with van der Waals surface area (Å²) < 4.78 is 0. The van der Waals surface area contributed by atoms with E-state index in [9.17, 15) is 9.59 Å². The molecule has 1 aromatic rings. The molecule has 0 fully saturated rings. The summed E-state index contributed by atoms with van der Waals surface area (Å²) in [6.45, 7) is 8.35. The minimum absolute atomic E-state index is 0.0261. The van der Waals surface area contributed by atoms with Crippen molar-refractivity contribution in [3.8, 4) is 0 Å². The van der Waals surface area contributed by atoms with Gasteiger partial charge in [-0.15, -0.1) is 0 Å². The zero-order valence-corrected chi connectivity index (χ0v) is 13.7. The number of urea groups is 1. The van der Waals surface area contributed by atoms with E-state index in [1.165, 1.54) is 5.56 Å². The second-order valence-electron chi connectivity index (χ2n) is 6.36. The molecule has 1 aliphatic rings. The molecule has 0 saturated heterocycles. The minimum atomic E-state index is -0.523. The molecule has 120 valence electrons. The van der Waals surface area contributed by atoms with E-state index in [0.717, 1.165) is 12.1 Å². The molecule has 1 atom stereocenters. The van der Waals surface area contributed by atoms with E-state index < -0.39 is 6.04 Å². The van der Waals surface area contributed by atoms with Gasteiger partial charge in [-0.25, -0.2) is 4.79 Å². The Morgan fingerprint density at radius 1 is 1.09 bits per heavy atom. The molecule has 22 heavy (non-hydrogen) atoms. The Hall–Kier alpha value is -2.04. The molecular weight excluding hydrogens is 278 g/mol. The van der Waals surface area contributed by atoms with Gasteiger partial charge in [0.15, 0.2) is 0 Å². The number of hydrogen-bond acceptors (Lipinski definition) is 2. The normalized spacial score (nSPS) is 14.9. The minimum Gasteiger partial charge on any atom is -0.336 e. The number of fused-ring (bicyclic) bond motifs is 1. The molecule has 0 aromatic heterocycles. The van der Waals surface area contributed by atoms with Gasteiger partial charge < -0.3 is 15.5 Å². The summed E-state index contributed by atoms with van der Waals surface area (Å²) in [5.74, 6) is -0.0166. The fourth-order valence-corrected chi connectivity index (χ4v) is 2.69. The van der Waals surface area contributed by atoms with Crippen molar-refractivity contribution >= 4 is 17.6 Å². The Bertz CT molecular complexity index is 555. The summed E-state index contributed by atoms with van der Waals surface area (Å²) in [6, 6.07) is 7.15.